The summed E-state index contributed by atoms with van der Waals surface area (Å²) in [5.74, 6) is 0.570. The molecule has 18 heavy (non-hydrogen) atoms. The van der Waals surface area contributed by atoms with Gasteiger partial charge in [0.2, 0.25) is 5.91 Å². The molecule has 0 aliphatic heterocycles. The molecule has 98 valence electrons. The molecule has 4 heteroatoms. The van der Waals surface area contributed by atoms with E-state index in [9.17, 15) is 4.79 Å². The normalized spacial score (nSPS) is 16.3. The van der Waals surface area contributed by atoms with E-state index >= 15 is 0 Å². The first-order chi connectivity index (χ1) is 8.69. The SMILES string of the molecule is NC(CC(=O)NCc1ccc(CO)cc1)C1CC1. The van der Waals surface area contributed by atoms with Gasteiger partial charge in [-0.2, -0.15) is 0 Å². The van der Waals surface area contributed by atoms with Crippen LogP contribution >= 0.6 is 0 Å². The maximum atomic E-state index is 11.7. The summed E-state index contributed by atoms with van der Waals surface area (Å²) in [5, 5.41) is 11.8. The lowest BCUT2D eigenvalue weighted by atomic mass is 10.1. The molecule has 1 aromatic rings. The molecule has 0 aromatic heterocycles. The zero-order valence-corrected chi connectivity index (χ0v) is 10.4. The van der Waals surface area contributed by atoms with Gasteiger partial charge in [0.05, 0.1) is 6.61 Å². The van der Waals surface area contributed by atoms with Crippen molar-refractivity contribution < 1.29 is 9.90 Å². The predicted octanol–water partition coefficient (Wildman–Crippen LogP) is 0.922. The van der Waals surface area contributed by atoms with E-state index in [4.69, 9.17) is 10.8 Å². The Bertz CT molecular complexity index is 399. The molecule has 0 heterocycles. The van der Waals surface area contributed by atoms with Crippen LogP contribution in [0.4, 0.5) is 0 Å². The van der Waals surface area contributed by atoms with Crippen LogP contribution in [0.2, 0.25) is 0 Å². The fraction of sp³-hybridized carbons (Fsp3) is 0.500. The number of nitrogens with one attached hydrogen (secondary N) is 1. The zero-order chi connectivity index (χ0) is 13.0. The van der Waals surface area contributed by atoms with E-state index in [1.54, 1.807) is 0 Å². The van der Waals surface area contributed by atoms with Gasteiger partial charge in [-0.15, -0.1) is 0 Å². The van der Waals surface area contributed by atoms with E-state index in [-0.39, 0.29) is 18.6 Å². The van der Waals surface area contributed by atoms with Crippen LogP contribution in [0.15, 0.2) is 24.3 Å². The predicted molar refractivity (Wildman–Crippen MR) is 69.5 cm³/mol. The fourth-order valence-corrected chi connectivity index (χ4v) is 1.94. The summed E-state index contributed by atoms with van der Waals surface area (Å²) in [5.41, 5.74) is 7.80. The first-order valence-electron chi connectivity index (χ1n) is 6.40. The number of aliphatic hydroxyl groups is 1. The van der Waals surface area contributed by atoms with E-state index < -0.39 is 0 Å². The second-order valence-electron chi connectivity index (χ2n) is 4.96. The number of carbonyl (C=O) groups excluding carboxylic acids is 1. The molecule has 1 aromatic carbocycles. The van der Waals surface area contributed by atoms with Crippen molar-refractivity contribution in [1.82, 2.24) is 5.32 Å². The molecule has 1 aliphatic rings. The molecule has 1 aliphatic carbocycles. The maximum Gasteiger partial charge on any atom is 0.221 e. The number of hydrogen-bond acceptors (Lipinski definition) is 3. The third-order valence-corrected chi connectivity index (χ3v) is 3.34. The van der Waals surface area contributed by atoms with E-state index in [0.29, 0.717) is 18.9 Å². The van der Waals surface area contributed by atoms with Crippen molar-refractivity contribution in [3.05, 3.63) is 35.4 Å². The molecule has 1 fully saturated rings. The minimum atomic E-state index is 0.0145. The molecule has 1 unspecified atom stereocenters. The van der Waals surface area contributed by atoms with Crippen molar-refractivity contribution in [2.24, 2.45) is 11.7 Å². The summed E-state index contributed by atoms with van der Waals surface area (Å²) in [6.45, 7) is 0.560. The maximum absolute atomic E-state index is 11.7. The third kappa shape index (κ3) is 3.82. The molecule has 4 nitrogen and oxygen atoms in total. The standard InChI is InChI=1S/C14H20N2O2/c15-13(12-5-6-12)7-14(18)16-8-10-1-3-11(9-17)4-2-10/h1-4,12-13,17H,5-9,15H2,(H,16,18). The van der Waals surface area contributed by atoms with Gasteiger partial charge in [0.1, 0.15) is 0 Å². The lowest BCUT2D eigenvalue weighted by molar-refractivity contribution is -0.121. The van der Waals surface area contributed by atoms with E-state index in [1.165, 1.54) is 0 Å². The molecular formula is C14H20N2O2. The van der Waals surface area contributed by atoms with Crippen LogP contribution in [0.1, 0.15) is 30.4 Å². The Balaban J connectivity index is 1.74. The van der Waals surface area contributed by atoms with Crippen molar-refractivity contribution in [3.8, 4) is 0 Å². The van der Waals surface area contributed by atoms with Crippen LogP contribution in [0.25, 0.3) is 0 Å². The van der Waals surface area contributed by atoms with Crippen molar-refractivity contribution in [2.45, 2.75) is 38.5 Å². The molecule has 0 spiro atoms. The quantitative estimate of drug-likeness (QED) is 0.701. The molecular weight excluding hydrogens is 228 g/mol. The molecule has 1 atom stereocenters. The van der Waals surface area contributed by atoms with Crippen LogP contribution in [0.3, 0.4) is 0 Å². The molecule has 4 N–H and O–H groups in total. The minimum absolute atomic E-state index is 0.0145. The monoisotopic (exact) mass is 248 g/mol. The molecule has 0 saturated heterocycles. The Labute approximate surface area is 107 Å². The Morgan fingerprint density at radius 2 is 1.94 bits per heavy atom. The second-order valence-corrected chi connectivity index (χ2v) is 4.96. The first-order valence-corrected chi connectivity index (χ1v) is 6.40. The molecule has 0 bridgehead atoms. The third-order valence-electron chi connectivity index (χ3n) is 3.34. The van der Waals surface area contributed by atoms with Crippen molar-refractivity contribution in [2.75, 3.05) is 0 Å². The lowest BCUT2D eigenvalue weighted by Gasteiger charge is -2.10. The zero-order valence-electron chi connectivity index (χ0n) is 10.4. The highest BCUT2D eigenvalue weighted by Crippen LogP contribution is 2.32. The van der Waals surface area contributed by atoms with Gasteiger partial charge in [0.25, 0.3) is 0 Å². The van der Waals surface area contributed by atoms with Crippen molar-refractivity contribution >= 4 is 5.91 Å². The van der Waals surface area contributed by atoms with Crippen molar-refractivity contribution in [3.63, 3.8) is 0 Å². The molecule has 0 radical (unpaired) electrons. The summed E-state index contributed by atoms with van der Waals surface area (Å²) < 4.78 is 0. The summed E-state index contributed by atoms with van der Waals surface area (Å²) in [6.07, 6.45) is 2.74. The Hall–Kier alpha value is -1.39. The van der Waals surface area contributed by atoms with Crippen LogP contribution < -0.4 is 11.1 Å². The van der Waals surface area contributed by atoms with Gasteiger partial charge in [-0.3, -0.25) is 4.79 Å². The largest absolute Gasteiger partial charge is 0.392 e. The number of nitrogens with two attached hydrogens (primary N) is 1. The molecule has 2 rings (SSSR count). The molecule has 1 saturated carbocycles. The first kappa shape index (κ1) is 13.1. The highest BCUT2D eigenvalue weighted by molar-refractivity contribution is 5.76. The Morgan fingerprint density at radius 1 is 1.33 bits per heavy atom. The van der Waals surface area contributed by atoms with Crippen LogP contribution in [0, 0.1) is 5.92 Å². The number of aliphatic hydroxyl groups excluding tert-OH is 1. The Kier molecular flexibility index (Phi) is 4.33. The Morgan fingerprint density at radius 3 is 2.50 bits per heavy atom. The van der Waals surface area contributed by atoms with Gasteiger partial charge in [-0.25, -0.2) is 0 Å². The summed E-state index contributed by atoms with van der Waals surface area (Å²) in [7, 11) is 0. The van der Waals surface area contributed by atoms with E-state index in [1.807, 2.05) is 24.3 Å². The van der Waals surface area contributed by atoms with Gasteiger partial charge in [-0.05, 0) is 29.9 Å². The lowest BCUT2D eigenvalue weighted by Crippen LogP contribution is -2.32. The average Bonchev–Trinajstić information content (AvgIpc) is 3.21. The van der Waals surface area contributed by atoms with E-state index in [0.717, 1.165) is 24.0 Å². The van der Waals surface area contributed by atoms with Gasteiger partial charge in [-0.1, -0.05) is 24.3 Å². The highest BCUT2D eigenvalue weighted by atomic mass is 16.3. The van der Waals surface area contributed by atoms with Crippen LogP contribution in [0.5, 0.6) is 0 Å². The smallest absolute Gasteiger partial charge is 0.221 e. The van der Waals surface area contributed by atoms with Gasteiger partial charge >= 0.3 is 0 Å². The van der Waals surface area contributed by atoms with Gasteiger partial charge in [0, 0.05) is 19.0 Å². The minimum Gasteiger partial charge on any atom is -0.392 e. The summed E-state index contributed by atoms with van der Waals surface area (Å²) >= 11 is 0. The topological polar surface area (TPSA) is 75.4 Å². The highest BCUT2D eigenvalue weighted by Gasteiger charge is 2.29. The molecule has 1 amide bonds. The van der Waals surface area contributed by atoms with Crippen LogP contribution in [-0.2, 0) is 17.9 Å². The van der Waals surface area contributed by atoms with Crippen molar-refractivity contribution in [1.29, 1.82) is 0 Å². The number of amides is 1. The van der Waals surface area contributed by atoms with Gasteiger partial charge < -0.3 is 16.2 Å². The number of benzene rings is 1. The van der Waals surface area contributed by atoms with Crippen LogP contribution in [-0.4, -0.2) is 17.1 Å². The number of hydrogen-bond donors (Lipinski definition) is 3. The number of carbonyl (C=O) groups is 1. The number of rotatable bonds is 6. The van der Waals surface area contributed by atoms with E-state index in [2.05, 4.69) is 5.32 Å². The second kappa shape index (κ2) is 5.98. The summed E-state index contributed by atoms with van der Waals surface area (Å²) in [6, 6.07) is 7.55. The average molecular weight is 248 g/mol. The fourth-order valence-electron chi connectivity index (χ4n) is 1.94. The van der Waals surface area contributed by atoms with Gasteiger partial charge in [0.15, 0.2) is 0 Å². The summed E-state index contributed by atoms with van der Waals surface area (Å²) in [4.78, 5) is 11.7.